The van der Waals surface area contributed by atoms with Gasteiger partial charge in [-0.25, -0.2) is 9.97 Å². The first-order chi connectivity index (χ1) is 13.0. The number of rotatable bonds is 6. The molecule has 0 aliphatic carbocycles. The van der Waals surface area contributed by atoms with Gasteiger partial charge in [0.05, 0.1) is 12.4 Å². The van der Waals surface area contributed by atoms with Crippen LogP contribution in [-0.2, 0) is 6.42 Å². The molecule has 0 bridgehead atoms. The van der Waals surface area contributed by atoms with Gasteiger partial charge in [-0.1, -0.05) is 48.0 Å². The number of nitrogens with zero attached hydrogens (tertiary/aromatic N) is 2. The van der Waals surface area contributed by atoms with Crippen LogP contribution in [0.15, 0.2) is 54.9 Å². The maximum Gasteiger partial charge on any atom is 0.275 e. The van der Waals surface area contributed by atoms with Gasteiger partial charge in [0.25, 0.3) is 5.91 Å². The van der Waals surface area contributed by atoms with Crippen molar-refractivity contribution < 1.29 is 4.79 Å². The van der Waals surface area contributed by atoms with Gasteiger partial charge < -0.3 is 10.6 Å². The standard InChI is InChI=1S/C22H24N4O/c1-15-11-16(2)21(17(3)12-15)26-22(27)19-13-25-20(14-24-19)23-10-9-18-7-5-4-6-8-18/h4-8,11-14H,9-10H2,1-3H3,(H,23,25)(H,26,27). The number of anilines is 2. The molecule has 1 amide bonds. The Kier molecular flexibility index (Phi) is 5.81. The molecule has 3 rings (SSSR count). The van der Waals surface area contributed by atoms with Crippen molar-refractivity contribution in [1.82, 2.24) is 9.97 Å². The van der Waals surface area contributed by atoms with Crippen LogP contribution in [0.5, 0.6) is 0 Å². The van der Waals surface area contributed by atoms with E-state index in [1.165, 1.54) is 17.3 Å². The van der Waals surface area contributed by atoms with Crippen LogP contribution in [-0.4, -0.2) is 22.4 Å². The first-order valence-corrected chi connectivity index (χ1v) is 9.02. The van der Waals surface area contributed by atoms with Crippen molar-refractivity contribution in [2.75, 3.05) is 17.2 Å². The predicted molar refractivity (Wildman–Crippen MR) is 109 cm³/mol. The lowest BCUT2D eigenvalue weighted by atomic mass is 10.1. The highest BCUT2D eigenvalue weighted by Gasteiger charge is 2.12. The van der Waals surface area contributed by atoms with Gasteiger partial charge in [-0.2, -0.15) is 0 Å². The smallest absolute Gasteiger partial charge is 0.275 e. The third-order valence-electron chi connectivity index (χ3n) is 4.36. The molecule has 2 N–H and O–H groups in total. The lowest BCUT2D eigenvalue weighted by Gasteiger charge is -2.12. The highest BCUT2D eigenvalue weighted by molar-refractivity contribution is 6.03. The van der Waals surface area contributed by atoms with Crippen molar-refractivity contribution in [2.24, 2.45) is 0 Å². The zero-order valence-corrected chi connectivity index (χ0v) is 15.9. The first kappa shape index (κ1) is 18.6. The van der Waals surface area contributed by atoms with E-state index in [0.717, 1.165) is 29.8 Å². The third kappa shape index (κ3) is 4.91. The lowest BCUT2D eigenvalue weighted by molar-refractivity contribution is 0.102. The molecule has 0 unspecified atom stereocenters. The molecule has 0 spiro atoms. The maximum absolute atomic E-state index is 12.5. The summed E-state index contributed by atoms with van der Waals surface area (Å²) in [7, 11) is 0. The van der Waals surface area contributed by atoms with Crippen LogP contribution in [0.2, 0.25) is 0 Å². The van der Waals surface area contributed by atoms with Gasteiger partial charge in [0.15, 0.2) is 0 Å². The largest absolute Gasteiger partial charge is 0.368 e. The van der Waals surface area contributed by atoms with Crippen molar-refractivity contribution in [3.63, 3.8) is 0 Å². The number of hydrogen-bond acceptors (Lipinski definition) is 4. The molecule has 27 heavy (non-hydrogen) atoms. The van der Waals surface area contributed by atoms with Gasteiger partial charge in [0.2, 0.25) is 0 Å². The summed E-state index contributed by atoms with van der Waals surface area (Å²) in [6.07, 6.45) is 3.99. The van der Waals surface area contributed by atoms with Crippen LogP contribution >= 0.6 is 0 Å². The van der Waals surface area contributed by atoms with E-state index in [1.807, 2.05) is 51.1 Å². The van der Waals surface area contributed by atoms with Gasteiger partial charge in [0, 0.05) is 12.2 Å². The fourth-order valence-electron chi connectivity index (χ4n) is 3.07. The van der Waals surface area contributed by atoms with Crippen LogP contribution in [0.3, 0.4) is 0 Å². The first-order valence-electron chi connectivity index (χ1n) is 9.02. The highest BCUT2D eigenvalue weighted by Crippen LogP contribution is 2.22. The molecule has 1 aromatic heterocycles. The Balaban J connectivity index is 1.59. The molecule has 0 aliphatic rings. The van der Waals surface area contributed by atoms with Gasteiger partial charge >= 0.3 is 0 Å². The van der Waals surface area contributed by atoms with Crippen LogP contribution < -0.4 is 10.6 Å². The van der Waals surface area contributed by atoms with Gasteiger partial charge in [-0.15, -0.1) is 0 Å². The molecule has 0 fully saturated rings. The monoisotopic (exact) mass is 360 g/mol. The summed E-state index contributed by atoms with van der Waals surface area (Å²) in [6.45, 7) is 6.77. The molecule has 0 aliphatic heterocycles. The van der Waals surface area contributed by atoms with Crippen molar-refractivity contribution in [3.8, 4) is 0 Å². The molecular formula is C22H24N4O. The summed E-state index contributed by atoms with van der Waals surface area (Å²) in [5.74, 6) is 0.401. The molecule has 2 aromatic carbocycles. The summed E-state index contributed by atoms with van der Waals surface area (Å²) in [5, 5.41) is 6.17. The van der Waals surface area contributed by atoms with Gasteiger partial charge in [0.1, 0.15) is 11.5 Å². The van der Waals surface area contributed by atoms with Gasteiger partial charge in [-0.05, 0) is 43.9 Å². The van der Waals surface area contributed by atoms with Crippen LogP contribution in [0, 0.1) is 20.8 Å². The van der Waals surface area contributed by atoms with E-state index >= 15 is 0 Å². The summed E-state index contributed by atoms with van der Waals surface area (Å²) < 4.78 is 0. The minimum Gasteiger partial charge on any atom is -0.368 e. The maximum atomic E-state index is 12.5. The molecule has 0 saturated heterocycles. The Labute approximate surface area is 159 Å². The Morgan fingerprint density at radius 2 is 1.67 bits per heavy atom. The van der Waals surface area contributed by atoms with E-state index in [1.54, 1.807) is 6.20 Å². The van der Waals surface area contributed by atoms with Crippen molar-refractivity contribution in [1.29, 1.82) is 0 Å². The van der Waals surface area contributed by atoms with Crippen LogP contribution in [0.25, 0.3) is 0 Å². The summed E-state index contributed by atoms with van der Waals surface area (Å²) in [5.41, 5.74) is 5.63. The molecule has 0 atom stereocenters. The van der Waals surface area contributed by atoms with E-state index < -0.39 is 0 Å². The lowest BCUT2D eigenvalue weighted by Crippen LogP contribution is -2.16. The van der Waals surface area contributed by atoms with E-state index in [-0.39, 0.29) is 5.91 Å². The average molecular weight is 360 g/mol. The Morgan fingerprint density at radius 3 is 2.30 bits per heavy atom. The Hall–Kier alpha value is -3.21. The summed E-state index contributed by atoms with van der Waals surface area (Å²) in [6, 6.07) is 14.3. The van der Waals surface area contributed by atoms with Crippen LogP contribution in [0.1, 0.15) is 32.7 Å². The normalized spacial score (nSPS) is 10.5. The molecular weight excluding hydrogens is 336 g/mol. The molecule has 5 nitrogen and oxygen atoms in total. The average Bonchev–Trinajstić information content (AvgIpc) is 2.66. The molecule has 1 heterocycles. The number of amides is 1. The topological polar surface area (TPSA) is 66.9 Å². The summed E-state index contributed by atoms with van der Waals surface area (Å²) in [4.78, 5) is 21.0. The van der Waals surface area contributed by atoms with E-state index in [9.17, 15) is 4.79 Å². The zero-order chi connectivity index (χ0) is 19.2. The van der Waals surface area contributed by atoms with E-state index in [4.69, 9.17) is 0 Å². The fourth-order valence-corrected chi connectivity index (χ4v) is 3.07. The molecule has 3 aromatic rings. The molecule has 5 heteroatoms. The quantitative estimate of drug-likeness (QED) is 0.687. The predicted octanol–water partition coefficient (Wildman–Crippen LogP) is 4.31. The van der Waals surface area contributed by atoms with Gasteiger partial charge in [-0.3, -0.25) is 4.79 Å². The van der Waals surface area contributed by atoms with Crippen LogP contribution in [0.4, 0.5) is 11.5 Å². The number of hydrogen-bond donors (Lipinski definition) is 2. The number of carbonyl (C=O) groups excluding carboxylic acids is 1. The van der Waals surface area contributed by atoms with E-state index in [0.29, 0.717) is 11.5 Å². The van der Waals surface area contributed by atoms with E-state index in [2.05, 4.69) is 32.7 Å². The molecule has 0 saturated carbocycles. The minimum atomic E-state index is -0.256. The second-order valence-corrected chi connectivity index (χ2v) is 6.68. The third-order valence-corrected chi connectivity index (χ3v) is 4.36. The minimum absolute atomic E-state index is 0.256. The Morgan fingerprint density at radius 1 is 0.963 bits per heavy atom. The van der Waals surface area contributed by atoms with Crippen molar-refractivity contribution in [2.45, 2.75) is 27.2 Å². The SMILES string of the molecule is Cc1cc(C)c(NC(=O)c2cnc(NCCc3ccccc3)cn2)c(C)c1. The second-order valence-electron chi connectivity index (χ2n) is 6.68. The zero-order valence-electron chi connectivity index (χ0n) is 15.9. The number of benzene rings is 2. The number of aryl methyl sites for hydroxylation is 3. The Bertz CT molecular complexity index is 898. The number of aromatic nitrogens is 2. The summed E-state index contributed by atoms with van der Waals surface area (Å²) >= 11 is 0. The van der Waals surface area contributed by atoms with Crippen molar-refractivity contribution >= 4 is 17.4 Å². The van der Waals surface area contributed by atoms with Crippen molar-refractivity contribution in [3.05, 3.63) is 82.8 Å². The highest BCUT2D eigenvalue weighted by atomic mass is 16.1. The number of nitrogens with one attached hydrogen (secondary N) is 2. The second kappa shape index (κ2) is 8.45. The molecule has 138 valence electrons. The number of carbonyl (C=O) groups is 1. The fraction of sp³-hybridized carbons (Fsp3) is 0.227. The molecule has 0 radical (unpaired) electrons.